The lowest BCUT2D eigenvalue weighted by Gasteiger charge is -2.13. The van der Waals surface area contributed by atoms with Gasteiger partial charge >= 0.3 is 5.69 Å². The Morgan fingerprint density at radius 1 is 1.25 bits per heavy atom. The summed E-state index contributed by atoms with van der Waals surface area (Å²) in [6.45, 7) is 1.60. The number of hydrogen-bond donors (Lipinski definition) is 2. The fraction of sp³-hybridized carbons (Fsp3) is 0.353. The molecule has 0 bridgehead atoms. The van der Waals surface area contributed by atoms with Crippen molar-refractivity contribution < 1.29 is 4.92 Å². The third-order valence-corrected chi connectivity index (χ3v) is 4.34. The lowest BCUT2D eigenvalue weighted by atomic mass is 10.2. The number of aryl methyl sites for hydroxylation is 1. The minimum Gasteiger partial charge on any atom is -0.354 e. The van der Waals surface area contributed by atoms with Gasteiger partial charge in [-0.3, -0.25) is 29.0 Å². The summed E-state index contributed by atoms with van der Waals surface area (Å²) in [6, 6.07) is 6.08. The van der Waals surface area contributed by atoms with E-state index in [0.717, 1.165) is 12.1 Å². The van der Waals surface area contributed by atoms with Crippen molar-refractivity contribution in [2.45, 2.75) is 6.54 Å². The summed E-state index contributed by atoms with van der Waals surface area (Å²) in [5.41, 5.74) is 0.193. The Morgan fingerprint density at radius 3 is 2.54 bits per heavy atom. The van der Waals surface area contributed by atoms with Crippen LogP contribution in [0.1, 0.15) is 5.56 Å². The highest BCUT2D eigenvalue weighted by atomic mass is 16.6. The first-order chi connectivity index (χ1) is 13.3. The summed E-state index contributed by atoms with van der Waals surface area (Å²) in [6.07, 6.45) is 0. The molecule has 0 saturated carbocycles. The number of non-ortho nitro benzene ring substituents is 1. The van der Waals surface area contributed by atoms with Gasteiger partial charge in [-0.2, -0.15) is 4.98 Å². The van der Waals surface area contributed by atoms with Crippen molar-refractivity contribution in [2.75, 3.05) is 32.5 Å². The molecule has 0 saturated heterocycles. The molecule has 11 nitrogen and oxygen atoms in total. The zero-order valence-electron chi connectivity index (χ0n) is 15.8. The van der Waals surface area contributed by atoms with Crippen LogP contribution in [-0.2, 0) is 13.6 Å². The number of rotatable bonds is 7. The second kappa shape index (κ2) is 7.64. The SMILES string of the molecule is CN(C)CCNc1nc2c(c(=O)[nH]c(=O)n2C)n1Cc1ccc([N+](=O)[O-])cc1. The summed E-state index contributed by atoms with van der Waals surface area (Å²) in [5.74, 6) is 0.446. The molecule has 11 heteroatoms. The molecule has 0 unspecified atom stereocenters. The van der Waals surface area contributed by atoms with Gasteiger partial charge in [-0.25, -0.2) is 4.79 Å². The predicted octanol–water partition coefficient (Wildman–Crippen LogP) is 0.353. The van der Waals surface area contributed by atoms with Crippen LogP contribution in [0.25, 0.3) is 11.2 Å². The van der Waals surface area contributed by atoms with Crippen LogP contribution in [0, 0.1) is 10.1 Å². The fourth-order valence-electron chi connectivity index (χ4n) is 2.82. The van der Waals surface area contributed by atoms with Crippen LogP contribution in [-0.4, -0.2) is 56.1 Å². The van der Waals surface area contributed by atoms with Crippen molar-refractivity contribution >= 4 is 22.8 Å². The number of anilines is 1. The number of H-pyrrole nitrogens is 1. The molecule has 0 aliphatic rings. The topological polar surface area (TPSA) is 131 Å². The van der Waals surface area contributed by atoms with E-state index in [1.807, 2.05) is 19.0 Å². The number of nitro groups is 1. The molecule has 0 aliphatic carbocycles. The second-order valence-electron chi connectivity index (χ2n) is 6.67. The maximum atomic E-state index is 12.4. The Labute approximate surface area is 159 Å². The van der Waals surface area contributed by atoms with Crippen LogP contribution >= 0.6 is 0 Å². The van der Waals surface area contributed by atoms with Gasteiger partial charge in [0.15, 0.2) is 11.2 Å². The predicted molar refractivity (Wildman–Crippen MR) is 105 cm³/mol. The number of nitro benzene ring substituents is 1. The average molecular weight is 387 g/mol. The first kappa shape index (κ1) is 19.3. The summed E-state index contributed by atoms with van der Waals surface area (Å²) in [5, 5.41) is 14.0. The van der Waals surface area contributed by atoms with Crippen molar-refractivity contribution in [3.8, 4) is 0 Å². The fourth-order valence-corrected chi connectivity index (χ4v) is 2.82. The number of imidazole rings is 1. The van der Waals surface area contributed by atoms with Gasteiger partial charge in [-0.1, -0.05) is 12.1 Å². The van der Waals surface area contributed by atoms with E-state index in [-0.39, 0.29) is 23.4 Å². The van der Waals surface area contributed by atoms with E-state index in [2.05, 4.69) is 15.3 Å². The lowest BCUT2D eigenvalue weighted by molar-refractivity contribution is -0.384. The molecule has 0 spiro atoms. The Bertz CT molecular complexity index is 1130. The van der Waals surface area contributed by atoms with Crippen molar-refractivity contribution in [3.05, 3.63) is 60.8 Å². The van der Waals surface area contributed by atoms with Gasteiger partial charge in [-0.15, -0.1) is 0 Å². The van der Waals surface area contributed by atoms with E-state index >= 15 is 0 Å². The average Bonchev–Trinajstić information content (AvgIpc) is 2.99. The summed E-state index contributed by atoms with van der Waals surface area (Å²) >= 11 is 0. The third-order valence-electron chi connectivity index (χ3n) is 4.34. The van der Waals surface area contributed by atoms with Gasteiger partial charge in [0.25, 0.3) is 11.2 Å². The third kappa shape index (κ3) is 3.78. The number of nitrogens with zero attached hydrogens (tertiary/aromatic N) is 5. The highest BCUT2D eigenvalue weighted by Gasteiger charge is 2.18. The van der Waals surface area contributed by atoms with Crippen molar-refractivity contribution in [2.24, 2.45) is 7.05 Å². The summed E-state index contributed by atoms with van der Waals surface area (Å²) in [7, 11) is 5.42. The maximum Gasteiger partial charge on any atom is 0.329 e. The van der Waals surface area contributed by atoms with Crippen molar-refractivity contribution in [1.29, 1.82) is 0 Å². The van der Waals surface area contributed by atoms with Gasteiger partial charge in [0.2, 0.25) is 5.95 Å². The highest BCUT2D eigenvalue weighted by Crippen LogP contribution is 2.19. The number of aromatic nitrogens is 4. The van der Waals surface area contributed by atoms with Crippen LogP contribution in [0.4, 0.5) is 11.6 Å². The van der Waals surface area contributed by atoms with E-state index in [0.29, 0.717) is 12.5 Å². The Kier molecular flexibility index (Phi) is 5.27. The van der Waals surface area contributed by atoms with Gasteiger partial charge in [-0.05, 0) is 19.7 Å². The molecular formula is C17H21N7O4. The molecule has 2 N–H and O–H groups in total. The minimum absolute atomic E-state index is 0.0104. The zero-order valence-corrected chi connectivity index (χ0v) is 15.8. The normalized spacial score (nSPS) is 11.3. The van der Waals surface area contributed by atoms with Crippen LogP contribution in [0.2, 0.25) is 0 Å². The molecule has 2 aromatic heterocycles. The minimum atomic E-state index is -0.544. The van der Waals surface area contributed by atoms with Crippen LogP contribution in [0.3, 0.4) is 0 Å². The molecule has 28 heavy (non-hydrogen) atoms. The van der Waals surface area contributed by atoms with Gasteiger partial charge in [0.05, 0.1) is 11.5 Å². The van der Waals surface area contributed by atoms with Gasteiger partial charge in [0, 0.05) is 32.3 Å². The highest BCUT2D eigenvalue weighted by molar-refractivity contribution is 5.74. The Balaban J connectivity index is 2.06. The number of nitrogens with one attached hydrogen (secondary N) is 2. The van der Waals surface area contributed by atoms with Crippen LogP contribution < -0.4 is 16.6 Å². The zero-order chi connectivity index (χ0) is 20.4. The number of aromatic amines is 1. The van der Waals surface area contributed by atoms with E-state index in [1.54, 1.807) is 16.7 Å². The molecule has 3 rings (SSSR count). The van der Waals surface area contributed by atoms with Crippen molar-refractivity contribution in [3.63, 3.8) is 0 Å². The lowest BCUT2D eigenvalue weighted by Crippen LogP contribution is -2.29. The van der Waals surface area contributed by atoms with E-state index in [9.17, 15) is 19.7 Å². The second-order valence-corrected chi connectivity index (χ2v) is 6.67. The number of likely N-dealkylation sites (N-methyl/N-ethyl adjacent to an activating group) is 1. The summed E-state index contributed by atoms with van der Waals surface area (Å²) in [4.78, 5) is 43.5. The quantitative estimate of drug-likeness (QED) is 0.442. The van der Waals surface area contributed by atoms with Crippen molar-refractivity contribution in [1.82, 2.24) is 24.0 Å². The van der Waals surface area contributed by atoms with E-state index < -0.39 is 16.2 Å². The number of hydrogen-bond acceptors (Lipinski definition) is 7. The number of fused-ring (bicyclic) bond motifs is 1. The molecular weight excluding hydrogens is 366 g/mol. The molecule has 2 heterocycles. The monoisotopic (exact) mass is 387 g/mol. The first-order valence-corrected chi connectivity index (χ1v) is 8.59. The molecule has 0 amide bonds. The standard InChI is InChI=1S/C17H21N7O4/c1-21(2)9-8-18-16-19-14-13(15(25)20-17(26)22(14)3)23(16)10-11-4-6-12(7-5-11)24(27)28/h4-7H,8-10H2,1-3H3,(H,18,19)(H,20,25,26). The molecule has 0 aliphatic heterocycles. The molecule has 0 radical (unpaired) electrons. The van der Waals surface area contributed by atoms with Crippen LogP contribution in [0.15, 0.2) is 33.9 Å². The van der Waals surface area contributed by atoms with E-state index in [4.69, 9.17) is 0 Å². The van der Waals surface area contributed by atoms with Gasteiger partial charge < -0.3 is 10.2 Å². The smallest absolute Gasteiger partial charge is 0.329 e. The Hall–Kier alpha value is -3.47. The maximum absolute atomic E-state index is 12.4. The number of benzene rings is 1. The molecule has 148 valence electrons. The Morgan fingerprint density at radius 2 is 1.93 bits per heavy atom. The van der Waals surface area contributed by atoms with E-state index in [1.165, 1.54) is 23.7 Å². The van der Waals surface area contributed by atoms with Gasteiger partial charge in [0.1, 0.15) is 0 Å². The molecule has 0 fully saturated rings. The van der Waals surface area contributed by atoms with Crippen LogP contribution in [0.5, 0.6) is 0 Å². The molecule has 0 atom stereocenters. The molecule has 1 aromatic carbocycles. The first-order valence-electron chi connectivity index (χ1n) is 8.59. The summed E-state index contributed by atoms with van der Waals surface area (Å²) < 4.78 is 2.95. The largest absolute Gasteiger partial charge is 0.354 e. The molecule has 3 aromatic rings.